The summed E-state index contributed by atoms with van der Waals surface area (Å²) in [5.41, 5.74) is 6.14. The first-order valence-electron chi connectivity index (χ1n) is 14.2. The van der Waals surface area contributed by atoms with Crippen molar-refractivity contribution >= 4 is 11.9 Å². The molecular weight excluding hydrogens is 476 g/mol. The minimum absolute atomic E-state index is 0.0743. The zero-order valence-corrected chi connectivity index (χ0v) is 24.5. The van der Waals surface area contributed by atoms with Crippen LogP contribution in [-0.2, 0) is 16.0 Å². The molecule has 0 aromatic heterocycles. The zero-order chi connectivity index (χ0) is 28.1. The fourth-order valence-corrected chi connectivity index (χ4v) is 4.77. The Morgan fingerprint density at radius 3 is 2.24 bits per heavy atom. The summed E-state index contributed by atoms with van der Waals surface area (Å²) in [5.74, 6) is 0.282. The van der Waals surface area contributed by atoms with Crippen LogP contribution in [0.2, 0.25) is 0 Å². The molecule has 0 bridgehead atoms. The van der Waals surface area contributed by atoms with Gasteiger partial charge in [-0.3, -0.25) is 9.59 Å². The molecule has 210 valence electrons. The number of carbonyl (C=O) groups is 2. The molecule has 1 aliphatic rings. The van der Waals surface area contributed by atoms with Gasteiger partial charge in [-0.25, -0.2) is 0 Å². The van der Waals surface area contributed by atoms with Gasteiger partial charge in [0.25, 0.3) is 0 Å². The third kappa shape index (κ3) is 11.7. The largest absolute Gasteiger partial charge is 0.487 e. The summed E-state index contributed by atoms with van der Waals surface area (Å²) >= 11 is 0. The van der Waals surface area contributed by atoms with Gasteiger partial charge in [-0.05, 0) is 129 Å². The van der Waals surface area contributed by atoms with Crippen LogP contribution in [0.5, 0.6) is 11.5 Å². The second-order valence-corrected chi connectivity index (χ2v) is 11.4. The number of ether oxygens (including phenoxy) is 2. The van der Waals surface area contributed by atoms with Gasteiger partial charge in [0.1, 0.15) is 17.1 Å². The number of benzene rings is 1. The van der Waals surface area contributed by atoms with E-state index in [1.165, 1.54) is 16.7 Å². The fraction of sp³-hybridized carbons (Fsp3) is 0.576. The number of aryl methyl sites for hydroxylation is 2. The summed E-state index contributed by atoms with van der Waals surface area (Å²) in [6.07, 6.45) is 16.6. The van der Waals surface area contributed by atoms with Crippen molar-refractivity contribution in [1.82, 2.24) is 0 Å². The second kappa shape index (κ2) is 15.6. The molecule has 0 amide bonds. The Morgan fingerprint density at radius 1 is 0.947 bits per heavy atom. The van der Waals surface area contributed by atoms with Gasteiger partial charge >= 0.3 is 11.9 Å². The Hall–Kier alpha value is -2.82. The van der Waals surface area contributed by atoms with E-state index in [0.717, 1.165) is 68.2 Å². The minimum Gasteiger partial charge on any atom is -0.487 e. The van der Waals surface area contributed by atoms with Crippen molar-refractivity contribution in [2.75, 3.05) is 0 Å². The maximum atomic E-state index is 12.2. The van der Waals surface area contributed by atoms with E-state index in [9.17, 15) is 9.59 Å². The highest BCUT2D eigenvalue weighted by Gasteiger charge is 2.32. The highest BCUT2D eigenvalue weighted by Crippen LogP contribution is 2.40. The predicted molar refractivity (Wildman–Crippen MR) is 155 cm³/mol. The molecule has 1 N–H and O–H groups in total. The molecule has 1 atom stereocenters. The van der Waals surface area contributed by atoms with Crippen LogP contribution in [0.3, 0.4) is 0 Å². The normalized spacial score (nSPS) is 17.4. The lowest BCUT2D eigenvalue weighted by Gasteiger charge is -2.37. The summed E-state index contributed by atoms with van der Waals surface area (Å²) in [6.45, 7) is 13.0. The van der Waals surface area contributed by atoms with Crippen LogP contribution < -0.4 is 9.47 Å². The number of esters is 1. The number of unbranched alkanes of at least 4 members (excludes halogenated alkanes) is 1. The number of hydrogen-bond acceptors (Lipinski definition) is 4. The highest BCUT2D eigenvalue weighted by atomic mass is 16.5. The molecule has 5 heteroatoms. The molecule has 1 aromatic carbocycles. The third-order valence-corrected chi connectivity index (χ3v) is 7.14. The summed E-state index contributed by atoms with van der Waals surface area (Å²) < 4.78 is 12.1. The molecule has 0 saturated heterocycles. The number of hydrogen-bond donors (Lipinski definition) is 1. The number of carboxylic acids is 1. The van der Waals surface area contributed by atoms with Crippen molar-refractivity contribution in [1.29, 1.82) is 0 Å². The average Bonchev–Trinajstić information content (AvgIpc) is 2.82. The number of carboxylic acid groups (broad SMARTS) is 1. The number of carbonyl (C=O) groups excluding carboxylic acids is 1. The molecule has 38 heavy (non-hydrogen) atoms. The lowest BCUT2D eigenvalue weighted by Crippen LogP contribution is -2.36. The minimum atomic E-state index is -0.842. The number of fused-ring (bicyclic) bond motifs is 1. The number of allylic oxidation sites excluding steroid dienone is 6. The lowest BCUT2D eigenvalue weighted by atomic mass is 9.87. The van der Waals surface area contributed by atoms with Crippen LogP contribution in [0, 0.1) is 6.92 Å². The Balaban J connectivity index is 1.83. The van der Waals surface area contributed by atoms with Gasteiger partial charge in [0.15, 0.2) is 0 Å². The van der Waals surface area contributed by atoms with E-state index in [2.05, 4.69) is 52.8 Å². The van der Waals surface area contributed by atoms with Crippen molar-refractivity contribution in [2.45, 2.75) is 124 Å². The predicted octanol–water partition coefficient (Wildman–Crippen LogP) is 8.83. The van der Waals surface area contributed by atoms with Crippen LogP contribution in [0.15, 0.2) is 47.1 Å². The number of aliphatic carboxylic acids is 1. The Morgan fingerprint density at radius 2 is 1.58 bits per heavy atom. The summed E-state index contributed by atoms with van der Waals surface area (Å²) in [6, 6.07) is 3.77. The van der Waals surface area contributed by atoms with Crippen LogP contribution >= 0.6 is 0 Å². The third-order valence-electron chi connectivity index (χ3n) is 7.14. The van der Waals surface area contributed by atoms with E-state index in [4.69, 9.17) is 14.6 Å². The summed E-state index contributed by atoms with van der Waals surface area (Å²) in [7, 11) is 0. The SMILES string of the molecule is CC(C)=CCC/C(C)=C/CC/C(C)=C/CC[C@]1(C)CCc2cc(OC(=O)CCCCC(=O)O)cc(C)c2O1. The van der Waals surface area contributed by atoms with E-state index in [-0.39, 0.29) is 24.4 Å². The first kappa shape index (κ1) is 31.4. The van der Waals surface area contributed by atoms with Gasteiger partial charge in [0.05, 0.1) is 0 Å². The van der Waals surface area contributed by atoms with Crippen molar-refractivity contribution in [3.05, 3.63) is 58.2 Å². The van der Waals surface area contributed by atoms with Gasteiger partial charge < -0.3 is 14.6 Å². The van der Waals surface area contributed by atoms with Gasteiger partial charge in [-0.15, -0.1) is 0 Å². The van der Waals surface area contributed by atoms with Crippen molar-refractivity contribution in [2.24, 2.45) is 0 Å². The van der Waals surface area contributed by atoms with E-state index in [1.54, 1.807) is 0 Å². The molecule has 0 unspecified atom stereocenters. The lowest BCUT2D eigenvalue weighted by molar-refractivity contribution is -0.138. The molecule has 1 heterocycles. The smallest absolute Gasteiger partial charge is 0.311 e. The molecule has 1 aliphatic heterocycles. The van der Waals surface area contributed by atoms with Crippen LogP contribution in [0.4, 0.5) is 0 Å². The van der Waals surface area contributed by atoms with Gasteiger partial charge in [0.2, 0.25) is 0 Å². The topological polar surface area (TPSA) is 72.8 Å². The van der Waals surface area contributed by atoms with E-state index >= 15 is 0 Å². The second-order valence-electron chi connectivity index (χ2n) is 11.4. The maximum absolute atomic E-state index is 12.2. The quantitative estimate of drug-likeness (QED) is 0.107. The molecule has 0 saturated carbocycles. The molecule has 0 fully saturated rings. The monoisotopic (exact) mass is 524 g/mol. The summed E-state index contributed by atoms with van der Waals surface area (Å²) in [4.78, 5) is 22.8. The number of rotatable bonds is 15. The molecule has 2 rings (SSSR count). The van der Waals surface area contributed by atoms with E-state index in [0.29, 0.717) is 18.6 Å². The van der Waals surface area contributed by atoms with Gasteiger partial charge in [0, 0.05) is 12.8 Å². The first-order valence-corrected chi connectivity index (χ1v) is 14.2. The van der Waals surface area contributed by atoms with Gasteiger partial charge in [-0.2, -0.15) is 0 Å². The van der Waals surface area contributed by atoms with Crippen molar-refractivity contribution < 1.29 is 24.2 Å². The maximum Gasteiger partial charge on any atom is 0.311 e. The molecule has 5 nitrogen and oxygen atoms in total. The Labute approximate surface area is 230 Å². The average molecular weight is 525 g/mol. The zero-order valence-electron chi connectivity index (χ0n) is 24.5. The molecule has 0 spiro atoms. The Bertz CT molecular complexity index is 1040. The standard InChI is InChI=1S/C33H48O5/c1-24(2)12-9-13-25(3)14-10-15-26(4)16-11-20-33(6)21-19-28-23-29(22-27(5)32(28)38-33)37-31(36)18-8-7-17-30(34)35/h12,14,16,22-23H,7-11,13,15,17-21H2,1-6H3,(H,34,35)/b25-14+,26-16+/t33-/m1/s1. The van der Waals surface area contributed by atoms with E-state index in [1.807, 2.05) is 19.1 Å². The fourth-order valence-electron chi connectivity index (χ4n) is 4.77. The van der Waals surface area contributed by atoms with Crippen LogP contribution in [0.1, 0.15) is 116 Å². The van der Waals surface area contributed by atoms with Gasteiger partial charge in [-0.1, -0.05) is 34.9 Å². The van der Waals surface area contributed by atoms with Crippen molar-refractivity contribution in [3.8, 4) is 11.5 Å². The van der Waals surface area contributed by atoms with E-state index < -0.39 is 5.97 Å². The summed E-state index contributed by atoms with van der Waals surface area (Å²) in [5, 5.41) is 8.71. The molecule has 1 aromatic rings. The molecule has 0 aliphatic carbocycles. The highest BCUT2D eigenvalue weighted by molar-refractivity contribution is 5.73. The van der Waals surface area contributed by atoms with Crippen LogP contribution in [-0.4, -0.2) is 22.6 Å². The Kier molecular flexibility index (Phi) is 12.9. The molecular formula is C33H48O5. The molecule has 0 radical (unpaired) electrons. The van der Waals surface area contributed by atoms with Crippen molar-refractivity contribution in [3.63, 3.8) is 0 Å². The first-order chi connectivity index (χ1) is 18.0. The van der Waals surface area contributed by atoms with Crippen LogP contribution in [0.25, 0.3) is 0 Å².